The second kappa shape index (κ2) is 9.02. The summed E-state index contributed by atoms with van der Waals surface area (Å²) in [6.07, 6.45) is 3.28. The van der Waals surface area contributed by atoms with Crippen LogP contribution < -0.4 is 16.6 Å². The number of nitrogens with one attached hydrogen (secondary N) is 1. The average Bonchev–Trinajstić information content (AvgIpc) is 3.56. The Hall–Kier alpha value is -3.93. The first-order valence-corrected chi connectivity index (χ1v) is 12.9. The lowest BCUT2D eigenvalue weighted by Gasteiger charge is -2.14. The Morgan fingerprint density at radius 1 is 1.09 bits per heavy atom. The van der Waals surface area contributed by atoms with Crippen molar-refractivity contribution in [2.24, 2.45) is 0 Å². The van der Waals surface area contributed by atoms with E-state index in [4.69, 9.17) is 4.42 Å². The van der Waals surface area contributed by atoms with Gasteiger partial charge in [0.15, 0.2) is 21.0 Å². The summed E-state index contributed by atoms with van der Waals surface area (Å²) in [6, 6.07) is 12.2. The van der Waals surface area contributed by atoms with Crippen LogP contribution in [0.25, 0.3) is 11.2 Å². The van der Waals surface area contributed by atoms with Crippen molar-refractivity contribution in [3.05, 3.63) is 87.2 Å². The Morgan fingerprint density at radius 2 is 1.89 bits per heavy atom. The number of amides is 1. The molecule has 4 heterocycles. The van der Waals surface area contributed by atoms with E-state index in [0.29, 0.717) is 12.2 Å². The van der Waals surface area contributed by atoms with Gasteiger partial charge in [0.05, 0.1) is 37.2 Å². The molecule has 3 aromatic heterocycles. The topological polar surface area (TPSA) is 138 Å². The van der Waals surface area contributed by atoms with Gasteiger partial charge >= 0.3 is 5.69 Å². The Balaban J connectivity index is 1.56. The van der Waals surface area contributed by atoms with E-state index in [2.05, 4.69) is 10.3 Å². The molecule has 0 radical (unpaired) electrons. The Kier molecular flexibility index (Phi) is 5.89. The van der Waals surface area contributed by atoms with Crippen LogP contribution in [0.15, 0.2) is 69.1 Å². The highest BCUT2D eigenvalue weighted by molar-refractivity contribution is 7.91. The first-order valence-electron chi connectivity index (χ1n) is 11.1. The fraction of sp³-hybridized carbons (Fsp3) is 0.304. The number of hydrogen-bond donors (Lipinski definition) is 1. The zero-order chi connectivity index (χ0) is 24.6. The molecule has 1 saturated heterocycles. The molecule has 182 valence electrons. The molecule has 5 rings (SSSR count). The normalized spacial score (nSPS) is 17.1. The van der Waals surface area contributed by atoms with Crippen molar-refractivity contribution in [3.63, 3.8) is 0 Å². The van der Waals surface area contributed by atoms with Crippen LogP contribution in [-0.4, -0.2) is 50.6 Å². The first-order chi connectivity index (χ1) is 16.8. The third-order valence-electron chi connectivity index (χ3n) is 5.97. The van der Waals surface area contributed by atoms with Crippen molar-refractivity contribution < 1.29 is 17.6 Å². The Labute approximate surface area is 199 Å². The number of benzene rings is 1. The molecule has 0 aliphatic carbocycles. The maximum Gasteiger partial charge on any atom is 0.333 e. The van der Waals surface area contributed by atoms with Crippen LogP contribution in [0.3, 0.4) is 0 Å². The van der Waals surface area contributed by atoms with Crippen molar-refractivity contribution in [2.75, 3.05) is 11.5 Å². The number of imidazole rings is 1. The van der Waals surface area contributed by atoms with Crippen LogP contribution in [0, 0.1) is 0 Å². The molecule has 0 unspecified atom stereocenters. The van der Waals surface area contributed by atoms with Crippen LogP contribution in [0.1, 0.15) is 17.7 Å². The van der Waals surface area contributed by atoms with Gasteiger partial charge in [-0.1, -0.05) is 30.3 Å². The van der Waals surface area contributed by atoms with Crippen molar-refractivity contribution in [1.82, 2.24) is 24.0 Å². The zero-order valence-corrected chi connectivity index (χ0v) is 19.5. The minimum Gasteiger partial charge on any atom is -0.467 e. The number of hydrogen-bond acceptors (Lipinski definition) is 7. The van der Waals surface area contributed by atoms with Crippen LogP contribution in [0.4, 0.5) is 0 Å². The van der Waals surface area contributed by atoms with E-state index in [1.54, 1.807) is 16.7 Å². The van der Waals surface area contributed by atoms with E-state index in [0.717, 1.165) is 10.1 Å². The van der Waals surface area contributed by atoms with Crippen LogP contribution in [0.2, 0.25) is 0 Å². The molecule has 11 nitrogen and oxygen atoms in total. The summed E-state index contributed by atoms with van der Waals surface area (Å²) in [5, 5.41) is 2.64. The summed E-state index contributed by atoms with van der Waals surface area (Å²) >= 11 is 0. The number of furan rings is 1. The lowest BCUT2D eigenvalue weighted by atomic mass is 10.2. The van der Waals surface area contributed by atoms with Gasteiger partial charge in [0.25, 0.3) is 5.56 Å². The third kappa shape index (κ3) is 4.69. The molecule has 35 heavy (non-hydrogen) atoms. The monoisotopic (exact) mass is 497 g/mol. The van der Waals surface area contributed by atoms with E-state index in [9.17, 15) is 22.8 Å². The lowest BCUT2D eigenvalue weighted by Crippen LogP contribution is -2.46. The number of aromatic nitrogens is 4. The van der Waals surface area contributed by atoms with Gasteiger partial charge in [0.1, 0.15) is 12.3 Å². The molecule has 0 saturated carbocycles. The summed E-state index contributed by atoms with van der Waals surface area (Å²) < 4.78 is 32.6. The standard InChI is InChI=1S/C23H23N5O6S/c29-19(25-17-8-10-35(32,33)14-17)13-28-22(30)20-21(24-15-26(20)12-18-7-4-9-34-18)27(23(28)31)11-16-5-2-1-3-6-16/h1-7,9,15,17H,8,10-14H2,(H,25,29)/t17-/m0/s1. The molecule has 1 aliphatic rings. The van der Waals surface area contributed by atoms with Gasteiger partial charge < -0.3 is 14.3 Å². The van der Waals surface area contributed by atoms with E-state index < -0.39 is 39.6 Å². The van der Waals surface area contributed by atoms with E-state index >= 15 is 0 Å². The third-order valence-corrected chi connectivity index (χ3v) is 7.74. The van der Waals surface area contributed by atoms with Crippen molar-refractivity contribution in [3.8, 4) is 0 Å². The highest BCUT2D eigenvalue weighted by Gasteiger charge is 2.29. The summed E-state index contributed by atoms with van der Waals surface area (Å²) in [5.74, 6) is -0.161. The smallest absolute Gasteiger partial charge is 0.333 e. The largest absolute Gasteiger partial charge is 0.467 e. The second-order valence-electron chi connectivity index (χ2n) is 8.54. The summed E-state index contributed by atoms with van der Waals surface area (Å²) in [6.45, 7) is -0.171. The summed E-state index contributed by atoms with van der Waals surface area (Å²) in [7, 11) is -3.19. The van der Waals surface area contributed by atoms with Crippen molar-refractivity contribution in [1.29, 1.82) is 0 Å². The molecule has 1 amide bonds. The second-order valence-corrected chi connectivity index (χ2v) is 10.8. The first kappa shape index (κ1) is 22.8. The molecule has 1 atom stereocenters. The molecule has 1 fully saturated rings. The van der Waals surface area contributed by atoms with Gasteiger partial charge in [0, 0.05) is 6.04 Å². The minimum absolute atomic E-state index is 0.000298. The maximum absolute atomic E-state index is 13.4. The molecular formula is C23H23N5O6S. The average molecular weight is 498 g/mol. The quantitative estimate of drug-likeness (QED) is 0.389. The van der Waals surface area contributed by atoms with Crippen LogP contribution in [-0.2, 0) is 34.3 Å². The molecule has 12 heteroatoms. The van der Waals surface area contributed by atoms with Gasteiger partial charge in [-0.2, -0.15) is 0 Å². The maximum atomic E-state index is 13.4. The number of sulfone groups is 1. The molecule has 1 N–H and O–H groups in total. The SMILES string of the molecule is O=C(Cn1c(=O)c2c(ncn2Cc2ccco2)n(Cc2ccccc2)c1=O)N[C@H]1CCS(=O)(=O)C1. The number of carbonyl (C=O) groups is 1. The molecule has 1 aliphatic heterocycles. The number of carbonyl (C=O) groups excluding carboxylic acids is 1. The minimum atomic E-state index is -3.19. The fourth-order valence-corrected chi connectivity index (χ4v) is 5.98. The molecular weight excluding hydrogens is 474 g/mol. The number of rotatable bonds is 7. The Morgan fingerprint density at radius 3 is 2.57 bits per heavy atom. The van der Waals surface area contributed by atoms with E-state index in [1.165, 1.54) is 17.2 Å². The van der Waals surface area contributed by atoms with Gasteiger partial charge in [-0.25, -0.2) is 22.8 Å². The number of nitrogens with zero attached hydrogens (tertiary/aromatic N) is 4. The fourth-order valence-electron chi connectivity index (χ4n) is 4.30. The van der Waals surface area contributed by atoms with Gasteiger partial charge in [0.2, 0.25) is 5.91 Å². The highest BCUT2D eigenvalue weighted by Crippen LogP contribution is 2.13. The predicted molar refractivity (Wildman–Crippen MR) is 127 cm³/mol. The van der Waals surface area contributed by atoms with Crippen molar-refractivity contribution in [2.45, 2.75) is 32.1 Å². The Bertz CT molecular complexity index is 1600. The molecule has 1 aromatic carbocycles. The lowest BCUT2D eigenvalue weighted by molar-refractivity contribution is -0.122. The summed E-state index contributed by atoms with van der Waals surface area (Å²) in [4.78, 5) is 43.9. The predicted octanol–water partition coefficient (Wildman–Crippen LogP) is 0.353. The zero-order valence-electron chi connectivity index (χ0n) is 18.7. The van der Waals surface area contributed by atoms with Gasteiger partial charge in [-0.15, -0.1) is 0 Å². The highest BCUT2D eigenvalue weighted by atomic mass is 32.2. The molecule has 0 bridgehead atoms. The van der Waals surface area contributed by atoms with Crippen LogP contribution in [0.5, 0.6) is 0 Å². The van der Waals surface area contributed by atoms with E-state index in [1.807, 2.05) is 30.3 Å². The van der Waals surface area contributed by atoms with E-state index in [-0.39, 0.29) is 35.8 Å². The van der Waals surface area contributed by atoms with Crippen molar-refractivity contribution >= 4 is 26.9 Å². The van der Waals surface area contributed by atoms with Crippen LogP contribution >= 0.6 is 0 Å². The number of fused-ring (bicyclic) bond motifs is 1. The van der Waals surface area contributed by atoms with Gasteiger partial charge in [-0.05, 0) is 24.1 Å². The molecule has 0 spiro atoms. The summed E-state index contributed by atoms with van der Waals surface area (Å²) in [5.41, 5.74) is -0.152. The molecule has 4 aromatic rings. The van der Waals surface area contributed by atoms with Gasteiger partial charge in [-0.3, -0.25) is 14.2 Å².